The van der Waals surface area contributed by atoms with Crippen molar-refractivity contribution in [3.05, 3.63) is 72.1 Å². The molecule has 0 aliphatic rings. The number of rotatable bonds is 8. The number of aromatic nitrogens is 3. The van der Waals surface area contributed by atoms with Crippen LogP contribution < -0.4 is 4.74 Å². The maximum atomic E-state index is 11.7. The molecule has 3 heterocycles. The van der Waals surface area contributed by atoms with E-state index in [-0.39, 0.29) is 11.0 Å². The Morgan fingerprint density at radius 3 is 2.61 bits per heavy atom. The van der Waals surface area contributed by atoms with Gasteiger partial charge in [0.2, 0.25) is 5.76 Å². The lowest BCUT2D eigenvalue weighted by molar-refractivity contribution is 0.0563. The van der Waals surface area contributed by atoms with E-state index in [2.05, 4.69) is 10.2 Å². The Kier molecular flexibility index (Phi) is 6.13. The quantitative estimate of drug-likeness (QED) is 0.285. The lowest BCUT2D eigenvalue weighted by atomic mass is 10.2. The van der Waals surface area contributed by atoms with Gasteiger partial charge < -0.3 is 18.3 Å². The average Bonchev–Trinajstić information content (AvgIpc) is 3.56. The molecule has 1 aromatic carbocycles. The highest BCUT2D eigenvalue weighted by Gasteiger charge is 2.21. The van der Waals surface area contributed by atoms with Crippen LogP contribution in [-0.2, 0) is 11.3 Å². The number of carbonyl (C=O) groups excluding carboxylic acids is 1. The number of ether oxygens (including phenoxy) is 2. The smallest absolute Gasteiger partial charge is 0.373 e. The molecule has 0 spiro atoms. The van der Waals surface area contributed by atoms with E-state index in [0.717, 1.165) is 17.1 Å². The summed E-state index contributed by atoms with van der Waals surface area (Å²) < 4.78 is 23.1. The molecule has 1 unspecified atom stereocenters. The normalized spacial score (nSPS) is 12.0. The van der Waals surface area contributed by atoms with Gasteiger partial charge in [0, 0.05) is 5.56 Å². The molecule has 0 amide bonds. The van der Waals surface area contributed by atoms with Gasteiger partial charge in [0.25, 0.3) is 0 Å². The predicted octanol–water partition coefficient (Wildman–Crippen LogP) is 4.83. The van der Waals surface area contributed by atoms with Crippen molar-refractivity contribution in [1.29, 1.82) is 0 Å². The van der Waals surface area contributed by atoms with Crippen LogP contribution in [0.4, 0.5) is 0 Å². The van der Waals surface area contributed by atoms with Crippen LogP contribution in [0.2, 0.25) is 0 Å². The van der Waals surface area contributed by atoms with E-state index in [1.807, 2.05) is 47.9 Å². The molecule has 160 valence electrons. The lowest BCUT2D eigenvalue weighted by Crippen LogP contribution is -2.04. The molecule has 0 N–H and O–H groups in total. The van der Waals surface area contributed by atoms with Crippen LogP contribution in [0.5, 0.6) is 5.75 Å². The first-order valence-electron chi connectivity index (χ1n) is 9.53. The van der Waals surface area contributed by atoms with Crippen molar-refractivity contribution < 1.29 is 23.1 Å². The highest BCUT2D eigenvalue weighted by Crippen LogP contribution is 2.36. The number of hydrogen-bond donors (Lipinski definition) is 0. The zero-order valence-corrected chi connectivity index (χ0v) is 18.1. The number of benzene rings is 1. The van der Waals surface area contributed by atoms with Gasteiger partial charge in [-0.05, 0) is 55.5 Å². The summed E-state index contributed by atoms with van der Waals surface area (Å²) in [6.07, 6.45) is 1.64. The summed E-state index contributed by atoms with van der Waals surface area (Å²) in [5.74, 6) is 2.57. The molecule has 0 bridgehead atoms. The second-order valence-corrected chi connectivity index (χ2v) is 7.96. The minimum Gasteiger partial charge on any atom is -0.497 e. The molecular weight excluding hydrogens is 418 g/mol. The Morgan fingerprint density at radius 1 is 1.13 bits per heavy atom. The Bertz CT molecular complexity index is 1150. The molecule has 0 fully saturated rings. The summed E-state index contributed by atoms with van der Waals surface area (Å²) in [7, 11) is 2.95. The molecule has 4 aromatic rings. The summed E-state index contributed by atoms with van der Waals surface area (Å²) in [6.45, 7) is 2.45. The number of thioether (sulfide) groups is 1. The molecule has 0 saturated heterocycles. The van der Waals surface area contributed by atoms with Crippen molar-refractivity contribution in [3.63, 3.8) is 0 Å². The summed E-state index contributed by atoms with van der Waals surface area (Å²) >= 11 is 1.48. The van der Waals surface area contributed by atoms with E-state index in [4.69, 9.17) is 18.3 Å². The molecule has 8 nitrogen and oxygen atoms in total. The van der Waals surface area contributed by atoms with Crippen LogP contribution in [0.25, 0.3) is 11.4 Å². The number of hydrogen-bond acceptors (Lipinski definition) is 8. The maximum Gasteiger partial charge on any atom is 0.373 e. The second kappa shape index (κ2) is 9.13. The lowest BCUT2D eigenvalue weighted by Gasteiger charge is -2.12. The van der Waals surface area contributed by atoms with Crippen molar-refractivity contribution in [2.45, 2.75) is 23.9 Å². The molecular formula is C22H21N3O5S. The van der Waals surface area contributed by atoms with E-state index in [9.17, 15) is 4.79 Å². The second-order valence-electron chi connectivity index (χ2n) is 6.65. The topological polar surface area (TPSA) is 92.5 Å². The minimum atomic E-state index is -0.508. The van der Waals surface area contributed by atoms with E-state index in [0.29, 0.717) is 23.3 Å². The van der Waals surface area contributed by atoms with Gasteiger partial charge in [0.1, 0.15) is 17.3 Å². The monoisotopic (exact) mass is 439 g/mol. The minimum absolute atomic E-state index is 0.110. The molecule has 3 aromatic heterocycles. The zero-order chi connectivity index (χ0) is 21.8. The molecule has 0 aliphatic carbocycles. The fourth-order valence-electron chi connectivity index (χ4n) is 3.03. The van der Waals surface area contributed by atoms with Crippen LogP contribution in [0, 0.1) is 0 Å². The van der Waals surface area contributed by atoms with Gasteiger partial charge in [-0.3, -0.25) is 4.57 Å². The van der Waals surface area contributed by atoms with Gasteiger partial charge in [-0.25, -0.2) is 4.79 Å². The fraction of sp³-hybridized carbons (Fsp3) is 0.227. The van der Waals surface area contributed by atoms with Crippen LogP contribution in [0.15, 0.2) is 68.8 Å². The van der Waals surface area contributed by atoms with E-state index in [1.165, 1.54) is 18.9 Å². The van der Waals surface area contributed by atoms with Crippen molar-refractivity contribution in [2.75, 3.05) is 14.2 Å². The molecule has 0 saturated carbocycles. The maximum absolute atomic E-state index is 11.7. The first-order valence-corrected chi connectivity index (χ1v) is 10.4. The highest BCUT2D eigenvalue weighted by atomic mass is 32.2. The standard InChI is InChI=1S/C22H21N3O5S/c1-14(18-10-11-19(30-18)21(26)28-3)31-22-24-23-20(15-6-8-16(27-2)9-7-15)25(22)13-17-5-4-12-29-17/h4-12,14H,13H2,1-3H3. The third-order valence-corrected chi connectivity index (χ3v) is 5.75. The van der Waals surface area contributed by atoms with Gasteiger partial charge in [0.15, 0.2) is 11.0 Å². The van der Waals surface area contributed by atoms with Crippen LogP contribution in [-0.4, -0.2) is 35.0 Å². The van der Waals surface area contributed by atoms with Gasteiger partial charge >= 0.3 is 5.97 Å². The SMILES string of the molecule is COC(=O)c1ccc(C(C)Sc2nnc(-c3ccc(OC)cc3)n2Cc2ccco2)o1. The third-order valence-electron chi connectivity index (χ3n) is 4.66. The highest BCUT2D eigenvalue weighted by molar-refractivity contribution is 7.99. The van der Waals surface area contributed by atoms with Crippen molar-refractivity contribution >= 4 is 17.7 Å². The molecule has 0 aliphatic heterocycles. The third kappa shape index (κ3) is 4.51. The van der Waals surface area contributed by atoms with Crippen LogP contribution in [0.1, 0.15) is 34.2 Å². The van der Waals surface area contributed by atoms with E-state index < -0.39 is 5.97 Å². The van der Waals surface area contributed by atoms with Gasteiger partial charge in [0.05, 0.1) is 32.3 Å². The zero-order valence-electron chi connectivity index (χ0n) is 17.3. The number of methoxy groups -OCH3 is 2. The predicted molar refractivity (Wildman–Crippen MR) is 114 cm³/mol. The number of esters is 1. The fourth-order valence-corrected chi connectivity index (χ4v) is 3.95. The Balaban J connectivity index is 1.64. The number of furan rings is 2. The van der Waals surface area contributed by atoms with Crippen LogP contribution >= 0.6 is 11.8 Å². The van der Waals surface area contributed by atoms with E-state index in [1.54, 1.807) is 25.5 Å². The van der Waals surface area contributed by atoms with E-state index >= 15 is 0 Å². The molecule has 1 atom stereocenters. The summed E-state index contributed by atoms with van der Waals surface area (Å²) in [5.41, 5.74) is 0.908. The number of nitrogens with zero attached hydrogens (tertiary/aromatic N) is 3. The first kappa shape index (κ1) is 20.8. The Morgan fingerprint density at radius 2 is 1.94 bits per heavy atom. The van der Waals surface area contributed by atoms with Crippen LogP contribution in [0.3, 0.4) is 0 Å². The summed E-state index contributed by atoms with van der Waals surface area (Å²) in [5, 5.41) is 9.42. The first-order chi connectivity index (χ1) is 15.1. The van der Waals surface area contributed by atoms with Crippen molar-refractivity contribution in [2.24, 2.45) is 0 Å². The van der Waals surface area contributed by atoms with Crippen molar-refractivity contribution in [3.8, 4) is 17.1 Å². The van der Waals surface area contributed by atoms with Crippen molar-refractivity contribution in [1.82, 2.24) is 14.8 Å². The largest absolute Gasteiger partial charge is 0.497 e. The van der Waals surface area contributed by atoms with Gasteiger partial charge in [-0.1, -0.05) is 11.8 Å². The molecule has 9 heteroatoms. The number of carbonyl (C=O) groups is 1. The summed E-state index contributed by atoms with van der Waals surface area (Å²) in [4.78, 5) is 11.7. The Labute approximate surface area is 183 Å². The average molecular weight is 439 g/mol. The summed E-state index contributed by atoms with van der Waals surface area (Å²) in [6, 6.07) is 14.8. The molecule has 4 rings (SSSR count). The Hall–Kier alpha value is -3.46. The molecule has 31 heavy (non-hydrogen) atoms. The van der Waals surface area contributed by atoms with Gasteiger partial charge in [-0.15, -0.1) is 10.2 Å². The molecule has 0 radical (unpaired) electrons. The van der Waals surface area contributed by atoms with Gasteiger partial charge in [-0.2, -0.15) is 0 Å².